The van der Waals surface area contributed by atoms with Gasteiger partial charge in [0.25, 0.3) is 0 Å². The summed E-state index contributed by atoms with van der Waals surface area (Å²) >= 11 is 1.72. The molecule has 1 saturated carbocycles. The van der Waals surface area contributed by atoms with E-state index in [-0.39, 0.29) is 29.7 Å². The molecule has 2 fully saturated rings. The number of nitrogens with zero attached hydrogens (tertiary/aromatic N) is 1. The number of aliphatic hydroxyl groups is 1. The number of carbonyl (C=O) groups excluding carboxylic acids is 2. The highest BCUT2D eigenvalue weighted by atomic mass is 32.2. The fraction of sp³-hybridized carbons (Fsp3) is 0.647. The Bertz CT molecular complexity index is 571. The highest BCUT2D eigenvalue weighted by Gasteiger charge is 2.62. The van der Waals surface area contributed by atoms with Crippen LogP contribution in [-0.2, 0) is 14.3 Å². The molecule has 0 aromatic heterocycles. The van der Waals surface area contributed by atoms with Gasteiger partial charge in [0.2, 0.25) is 5.91 Å². The van der Waals surface area contributed by atoms with E-state index in [1.165, 1.54) is 6.08 Å². The summed E-state index contributed by atoms with van der Waals surface area (Å²) in [6.45, 7) is 5.35. The summed E-state index contributed by atoms with van der Waals surface area (Å²) in [4.78, 5) is 26.6. The lowest BCUT2D eigenvalue weighted by molar-refractivity contribution is -0.164. The van der Waals surface area contributed by atoms with E-state index in [1.54, 1.807) is 23.6 Å². The maximum Gasteiger partial charge on any atom is 0.355 e. The minimum atomic E-state index is -0.691. The first-order valence-electron chi connectivity index (χ1n) is 8.08. The fourth-order valence-corrected chi connectivity index (χ4v) is 5.21. The average Bonchev–Trinajstić information content (AvgIpc) is 2.82. The van der Waals surface area contributed by atoms with Crippen molar-refractivity contribution in [3.8, 4) is 0 Å². The number of rotatable bonds is 5. The lowest BCUT2D eigenvalue weighted by Gasteiger charge is -2.47. The van der Waals surface area contributed by atoms with E-state index >= 15 is 0 Å². The van der Waals surface area contributed by atoms with Crippen molar-refractivity contribution >= 4 is 23.6 Å². The molecule has 1 aliphatic carbocycles. The van der Waals surface area contributed by atoms with Crippen molar-refractivity contribution in [3.63, 3.8) is 0 Å². The average molecular weight is 337 g/mol. The Morgan fingerprint density at radius 1 is 1.57 bits per heavy atom. The van der Waals surface area contributed by atoms with Gasteiger partial charge in [-0.05, 0) is 31.6 Å². The van der Waals surface area contributed by atoms with Crippen LogP contribution in [0.3, 0.4) is 0 Å². The molecule has 2 aliphatic heterocycles. The number of carbonyl (C=O) groups is 2. The number of hydrogen-bond acceptors (Lipinski definition) is 5. The first-order chi connectivity index (χ1) is 11.0. The van der Waals surface area contributed by atoms with Crippen LogP contribution < -0.4 is 0 Å². The van der Waals surface area contributed by atoms with Gasteiger partial charge in [-0.15, -0.1) is 0 Å². The maximum absolute atomic E-state index is 12.5. The Kier molecular flexibility index (Phi) is 4.56. The minimum absolute atomic E-state index is 0.0845. The quantitative estimate of drug-likeness (QED) is 0.470. The molecule has 3 rings (SSSR count). The van der Waals surface area contributed by atoms with Crippen LogP contribution >= 0.6 is 11.8 Å². The molecule has 5 atom stereocenters. The predicted octanol–water partition coefficient (Wildman–Crippen LogP) is 1.72. The van der Waals surface area contributed by atoms with E-state index in [4.69, 9.17) is 4.74 Å². The van der Waals surface area contributed by atoms with E-state index in [9.17, 15) is 14.7 Å². The molecule has 1 amide bonds. The standard InChI is InChI=1S/C17H23NO4S/c1-4-8-22-17(21)15-13-10(6-5-7-11(13)23-3)14-12(9(2)19)16(20)18(14)15/h4,9-12,14,19H,1,5-8H2,2-3H3/t9?,10-,11-,12-,14-/m1/s1. The van der Waals surface area contributed by atoms with Gasteiger partial charge in [0.15, 0.2) is 0 Å². The van der Waals surface area contributed by atoms with Gasteiger partial charge < -0.3 is 14.7 Å². The summed E-state index contributed by atoms with van der Waals surface area (Å²) in [7, 11) is 0. The topological polar surface area (TPSA) is 66.8 Å². The van der Waals surface area contributed by atoms with Crippen molar-refractivity contribution < 1.29 is 19.4 Å². The second kappa shape index (κ2) is 6.32. The zero-order chi connectivity index (χ0) is 16.7. The normalized spacial score (nSPS) is 33.7. The number of hydrogen-bond donors (Lipinski definition) is 1. The highest BCUT2D eigenvalue weighted by molar-refractivity contribution is 7.99. The Balaban J connectivity index is 1.99. The molecule has 3 aliphatic rings. The van der Waals surface area contributed by atoms with Gasteiger partial charge in [-0.25, -0.2) is 4.79 Å². The summed E-state index contributed by atoms with van der Waals surface area (Å²) in [6, 6.07) is -0.0845. The summed E-state index contributed by atoms with van der Waals surface area (Å²) < 4.78 is 5.23. The molecule has 6 heteroatoms. The Labute approximate surface area is 140 Å². The summed E-state index contributed by atoms with van der Waals surface area (Å²) in [5.41, 5.74) is 1.49. The zero-order valence-electron chi connectivity index (χ0n) is 13.5. The van der Waals surface area contributed by atoms with Gasteiger partial charge in [0.05, 0.1) is 18.1 Å². The van der Waals surface area contributed by atoms with Gasteiger partial charge in [-0.3, -0.25) is 4.79 Å². The number of amides is 1. The minimum Gasteiger partial charge on any atom is -0.457 e. The van der Waals surface area contributed by atoms with Crippen LogP contribution in [0.2, 0.25) is 0 Å². The largest absolute Gasteiger partial charge is 0.457 e. The van der Waals surface area contributed by atoms with Crippen molar-refractivity contribution in [1.29, 1.82) is 0 Å². The van der Waals surface area contributed by atoms with Crippen molar-refractivity contribution in [2.75, 3.05) is 12.9 Å². The van der Waals surface area contributed by atoms with Gasteiger partial charge >= 0.3 is 5.97 Å². The lowest BCUT2D eigenvalue weighted by atomic mass is 9.72. The Morgan fingerprint density at radius 3 is 2.91 bits per heavy atom. The van der Waals surface area contributed by atoms with Crippen molar-refractivity contribution in [3.05, 3.63) is 23.9 Å². The van der Waals surface area contributed by atoms with Crippen LogP contribution in [0.5, 0.6) is 0 Å². The number of esters is 1. The lowest BCUT2D eigenvalue weighted by Crippen LogP contribution is -2.64. The van der Waals surface area contributed by atoms with Crippen LogP contribution in [-0.4, -0.2) is 52.1 Å². The van der Waals surface area contributed by atoms with Crippen molar-refractivity contribution in [2.45, 2.75) is 43.6 Å². The monoisotopic (exact) mass is 337 g/mol. The third-order valence-electron chi connectivity index (χ3n) is 5.17. The molecule has 0 radical (unpaired) electrons. The molecule has 0 aromatic carbocycles. The second-order valence-electron chi connectivity index (χ2n) is 6.42. The Morgan fingerprint density at radius 2 is 2.30 bits per heavy atom. The van der Waals surface area contributed by atoms with Crippen molar-refractivity contribution in [1.82, 2.24) is 4.90 Å². The van der Waals surface area contributed by atoms with E-state index in [0.29, 0.717) is 5.70 Å². The number of ether oxygens (including phenoxy) is 1. The molecule has 0 aromatic rings. The van der Waals surface area contributed by atoms with E-state index in [2.05, 4.69) is 6.58 Å². The Hall–Kier alpha value is -1.27. The third kappa shape index (κ3) is 2.43. The molecule has 2 heterocycles. The summed E-state index contributed by atoms with van der Waals surface area (Å²) in [5, 5.41) is 10.2. The third-order valence-corrected chi connectivity index (χ3v) is 6.23. The smallest absolute Gasteiger partial charge is 0.355 e. The molecular formula is C17H23NO4S. The first-order valence-corrected chi connectivity index (χ1v) is 9.37. The SMILES string of the molecule is C=CCOC(=O)C1=C2[C@@H](CCC[C@H]2SC)[C@@H]2[C@@H](C(C)O)C(=O)N12. The van der Waals surface area contributed by atoms with E-state index in [1.807, 2.05) is 6.26 Å². The fourth-order valence-electron chi connectivity index (χ4n) is 4.27. The second-order valence-corrected chi connectivity index (χ2v) is 7.46. The molecule has 0 spiro atoms. The van der Waals surface area contributed by atoms with Gasteiger partial charge in [0, 0.05) is 11.2 Å². The van der Waals surface area contributed by atoms with E-state index < -0.39 is 18.0 Å². The summed E-state index contributed by atoms with van der Waals surface area (Å²) in [5.74, 6) is -0.826. The molecule has 1 N–H and O–H groups in total. The van der Waals surface area contributed by atoms with Gasteiger partial charge in [-0.2, -0.15) is 11.8 Å². The van der Waals surface area contributed by atoms with Crippen LogP contribution in [0.15, 0.2) is 23.9 Å². The number of thioether (sulfide) groups is 1. The zero-order valence-corrected chi connectivity index (χ0v) is 14.3. The predicted molar refractivity (Wildman–Crippen MR) is 88.6 cm³/mol. The van der Waals surface area contributed by atoms with Crippen LogP contribution in [0, 0.1) is 11.8 Å². The molecule has 5 nitrogen and oxygen atoms in total. The number of β-lactam (4-membered cyclic amide) rings is 1. The van der Waals surface area contributed by atoms with Gasteiger partial charge in [-0.1, -0.05) is 19.1 Å². The van der Waals surface area contributed by atoms with Gasteiger partial charge in [0.1, 0.15) is 12.3 Å². The highest BCUT2D eigenvalue weighted by Crippen LogP contribution is 2.54. The molecule has 1 unspecified atom stereocenters. The summed E-state index contributed by atoms with van der Waals surface area (Å²) in [6.07, 6.45) is 5.93. The number of aliphatic hydroxyl groups excluding tert-OH is 1. The maximum atomic E-state index is 12.5. The molecule has 0 bridgehead atoms. The first kappa shape index (κ1) is 16.6. The number of fused-ring (bicyclic) bond motifs is 3. The van der Waals surface area contributed by atoms with Crippen LogP contribution in [0.25, 0.3) is 0 Å². The molecule has 1 saturated heterocycles. The molecule has 126 valence electrons. The van der Waals surface area contributed by atoms with Crippen molar-refractivity contribution in [2.24, 2.45) is 11.8 Å². The van der Waals surface area contributed by atoms with Crippen LogP contribution in [0.4, 0.5) is 0 Å². The van der Waals surface area contributed by atoms with Crippen LogP contribution in [0.1, 0.15) is 26.2 Å². The molecular weight excluding hydrogens is 314 g/mol. The molecule has 23 heavy (non-hydrogen) atoms. The van der Waals surface area contributed by atoms with E-state index in [0.717, 1.165) is 24.8 Å².